The van der Waals surface area contributed by atoms with E-state index in [9.17, 15) is 0 Å². The summed E-state index contributed by atoms with van der Waals surface area (Å²) >= 11 is 3.53. The lowest BCUT2D eigenvalue weighted by molar-refractivity contribution is 0.161. The molecule has 1 fully saturated rings. The molecule has 1 aromatic rings. The quantitative estimate of drug-likeness (QED) is 0.648. The minimum absolute atomic E-state index is 0.394. The summed E-state index contributed by atoms with van der Waals surface area (Å²) in [5.41, 5.74) is 4.92. The minimum atomic E-state index is 0.394. The molecule has 0 aromatic heterocycles. The number of nitrogens with one attached hydrogen (secondary N) is 1. The van der Waals surface area contributed by atoms with Crippen LogP contribution in [0.25, 0.3) is 0 Å². The molecule has 0 radical (unpaired) electrons. The molecule has 3 heteroatoms. The van der Waals surface area contributed by atoms with E-state index in [4.69, 9.17) is 5.84 Å². The van der Waals surface area contributed by atoms with Crippen LogP contribution >= 0.6 is 15.9 Å². The third-order valence-electron chi connectivity index (χ3n) is 4.51. The largest absolute Gasteiger partial charge is 0.271 e. The molecule has 1 atom stereocenters. The average molecular weight is 325 g/mol. The third-order valence-corrected chi connectivity index (χ3v) is 5.00. The first kappa shape index (κ1) is 15.0. The highest BCUT2D eigenvalue weighted by Gasteiger charge is 2.30. The Morgan fingerprint density at radius 2 is 2.05 bits per heavy atom. The lowest BCUT2D eigenvalue weighted by Crippen LogP contribution is -2.44. The van der Waals surface area contributed by atoms with Crippen molar-refractivity contribution in [3.63, 3.8) is 0 Å². The Morgan fingerprint density at radius 3 is 2.63 bits per heavy atom. The lowest BCUT2D eigenvalue weighted by Gasteiger charge is -2.37. The zero-order chi connectivity index (χ0) is 13.9. The van der Waals surface area contributed by atoms with Gasteiger partial charge in [0.2, 0.25) is 0 Å². The molecule has 1 saturated carbocycles. The van der Waals surface area contributed by atoms with Gasteiger partial charge in [0, 0.05) is 10.5 Å². The topological polar surface area (TPSA) is 38.0 Å². The van der Waals surface area contributed by atoms with Crippen molar-refractivity contribution < 1.29 is 0 Å². The molecule has 0 amide bonds. The third kappa shape index (κ3) is 4.30. The van der Waals surface area contributed by atoms with Crippen molar-refractivity contribution in [2.75, 3.05) is 0 Å². The zero-order valence-electron chi connectivity index (χ0n) is 12.0. The van der Waals surface area contributed by atoms with Crippen molar-refractivity contribution in [3.8, 4) is 0 Å². The Labute approximate surface area is 125 Å². The Kier molecular flexibility index (Phi) is 5.04. The van der Waals surface area contributed by atoms with Gasteiger partial charge in [0.05, 0.1) is 0 Å². The summed E-state index contributed by atoms with van der Waals surface area (Å²) in [4.78, 5) is 0. The van der Waals surface area contributed by atoms with Crippen LogP contribution < -0.4 is 11.3 Å². The molecule has 2 nitrogen and oxygen atoms in total. The van der Waals surface area contributed by atoms with E-state index < -0.39 is 0 Å². The monoisotopic (exact) mass is 324 g/mol. The van der Waals surface area contributed by atoms with Crippen LogP contribution in [0.3, 0.4) is 0 Å². The minimum Gasteiger partial charge on any atom is -0.271 e. The molecule has 1 aliphatic carbocycles. The van der Waals surface area contributed by atoms with Gasteiger partial charge in [0.1, 0.15) is 0 Å². The molecule has 1 aromatic carbocycles. The summed E-state index contributed by atoms with van der Waals surface area (Å²) in [5.74, 6) is 6.50. The molecule has 0 bridgehead atoms. The van der Waals surface area contributed by atoms with E-state index in [1.807, 2.05) is 0 Å². The van der Waals surface area contributed by atoms with Crippen LogP contribution in [0.5, 0.6) is 0 Å². The summed E-state index contributed by atoms with van der Waals surface area (Å²) in [6, 6.07) is 8.93. The number of rotatable bonds is 4. The maximum atomic E-state index is 5.80. The average Bonchev–Trinajstić information content (AvgIpc) is 2.36. The maximum absolute atomic E-state index is 5.80. The standard InChI is InChI=1S/C16H25BrN2/c1-16(2)8-6-13(7-9-16)15(19-18)11-12-4-3-5-14(17)10-12/h3-5,10,13,15,19H,6-9,11,18H2,1-2H3. The number of hydrazine groups is 1. The number of benzene rings is 1. The molecule has 106 valence electrons. The van der Waals surface area contributed by atoms with Crippen LogP contribution in [0.2, 0.25) is 0 Å². The van der Waals surface area contributed by atoms with Crippen molar-refractivity contribution in [1.82, 2.24) is 5.43 Å². The second-order valence-electron chi connectivity index (χ2n) is 6.61. The normalized spacial score (nSPS) is 21.3. The number of halogens is 1. The zero-order valence-corrected chi connectivity index (χ0v) is 13.5. The first-order valence-corrected chi connectivity index (χ1v) is 8.00. The number of hydrogen-bond acceptors (Lipinski definition) is 2. The van der Waals surface area contributed by atoms with Gasteiger partial charge in [-0.05, 0) is 61.1 Å². The SMILES string of the molecule is CC1(C)CCC(C(Cc2cccc(Br)c2)NN)CC1. The van der Waals surface area contributed by atoms with Gasteiger partial charge in [-0.1, -0.05) is 41.9 Å². The molecule has 3 N–H and O–H groups in total. The van der Waals surface area contributed by atoms with Gasteiger partial charge >= 0.3 is 0 Å². The number of hydrogen-bond donors (Lipinski definition) is 2. The van der Waals surface area contributed by atoms with Crippen molar-refractivity contribution in [2.45, 2.75) is 52.0 Å². The maximum Gasteiger partial charge on any atom is 0.0279 e. The first-order valence-electron chi connectivity index (χ1n) is 7.21. The smallest absolute Gasteiger partial charge is 0.0279 e. The Balaban J connectivity index is 1.97. The number of nitrogens with two attached hydrogens (primary N) is 1. The van der Waals surface area contributed by atoms with Gasteiger partial charge in [0.25, 0.3) is 0 Å². The van der Waals surface area contributed by atoms with E-state index >= 15 is 0 Å². The summed E-state index contributed by atoms with van der Waals surface area (Å²) in [6.45, 7) is 4.75. The molecule has 0 aliphatic heterocycles. The van der Waals surface area contributed by atoms with Gasteiger partial charge in [-0.25, -0.2) is 0 Å². The van der Waals surface area contributed by atoms with Crippen LogP contribution in [-0.4, -0.2) is 6.04 Å². The Bertz CT molecular complexity index is 407. The molecule has 19 heavy (non-hydrogen) atoms. The Hall–Kier alpha value is -0.380. The predicted molar refractivity (Wildman–Crippen MR) is 84.7 cm³/mol. The second kappa shape index (κ2) is 6.38. The van der Waals surface area contributed by atoms with E-state index in [-0.39, 0.29) is 0 Å². The van der Waals surface area contributed by atoms with Crippen LogP contribution in [0.1, 0.15) is 45.1 Å². The van der Waals surface area contributed by atoms with Gasteiger partial charge in [-0.3, -0.25) is 11.3 Å². The van der Waals surface area contributed by atoms with Crippen LogP contribution in [0.15, 0.2) is 28.7 Å². The fourth-order valence-electron chi connectivity index (χ4n) is 3.10. The summed E-state index contributed by atoms with van der Waals surface area (Å²) in [5, 5.41) is 0. The van der Waals surface area contributed by atoms with Crippen molar-refractivity contribution in [3.05, 3.63) is 34.3 Å². The summed E-state index contributed by atoms with van der Waals surface area (Å²) in [7, 11) is 0. The first-order chi connectivity index (χ1) is 9.00. The van der Waals surface area contributed by atoms with Crippen molar-refractivity contribution in [2.24, 2.45) is 17.2 Å². The molecule has 0 spiro atoms. The van der Waals surface area contributed by atoms with E-state index in [1.165, 1.54) is 31.2 Å². The molecule has 0 saturated heterocycles. The summed E-state index contributed by atoms with van der Waals surface area (Å²) < 4.78 is 1.14. The van der Waals surface area contributed by atoms with E-state index in [0.29, 0.717) is 17.4 Å². The van der Waals surface area contributed by atoms with E-state index in [2.05, 4.69) is 59.5 Å². The van der Waals surface area contributed by atoms with E-state index in [1.54, 1.807) is 0 Å². The Morgan fingerprint density at radius 1 is 1.37 bits per heavy atom. The fraction of sp³-hybridized carbons (Fsp3) is 0.625. The van der Waals surface area contributed by atoms with Gasteiger partial charge in [0.15, 0.2) is 0 Å². The van der Waals surface area contributed by atoms with Crippen molar-refractivity contribution >= 4 is 15.9 Å². The highest BCUT2D eigenvalue weighted by Crippen LogP contribution is 2.39. The molecular formula is C16H25BrN2. The molecular weight excluding hydrogens is 300 g/mol. The van der Waals surface area contributed by atoms with Crippen LogP contribution in [0, 0.1) is 11.3 Å². The van der Waals surface area contributed by atoms with Crippen molar-refractivity contribution in [1.29, 1.82) is 0 Å². The highest BCUT2D eigenvalue weighted by atomic mass is 79.9. The fourth-order valence-corrected chi connectivity index (χ4v) is 3.55. The molecule has 1 unspecified atom stereocenters. The second-order valence-corrected chi connectivity index (χ2v) is 7.52. The van der Waals surface area contributed by atoms with Gasteiger partial charge in [-0.15, -0.1) is 0 Å². The van der Waals surface area contributed by atoms with Crippen LogP contribution in [0.4, 0.5) is 0 Å². The lowest BCUT2D eigenvalue weighted by atomic mass is 9.70. The van der Waals surface area contributed by atoms with Crippen LogP contribution in [-0.2, 0) is 6.42 Å². The highest BCUT2D eigenvalue weighted by molar-refractivity contribution is 9.10. The van der Waals surface area contributed by atoms with Gasteiger partial charge < -0.3 is 0 Å². The van der Waals surface area contributed by atoms with Gasteiger partial charge in [-0.2, -0.15) is 0 Å². The molecule has 0 heterocycles. The predicted octanol–water partition coefficient (Wildman–Crippen LogP) is 4.04. The molecule has 1 aliphatic rings. The molecule has 2 rings (SSSR count). The van der Waals surface area contributed by atoms with E-state index in [0.717, 1.165) is 10.9 Å². The summed E-state index contributed by atoms with van der Waals surface area (Å²) in [6.07, 6.45) is 6.22.